The Morgan fingerprint density at radius 2 is 1.94 bits per heavy atom. The molecule has 2 aliphatic rings. The third-order valence-corrected chi connectivity index (χ3v) is 8.50. The van der Waals surface area contributed by atoms with Crippen LogP contribution in [-0.4, -0.2) is 50.6 Å². The first kappa shape index (κ1) is 21.6. The molecule has 2 fully saturated rings. The number of pyridine rings is 2. The molecule has 1 aliphatic heterocycles. The molecule has 5 heterocycles. The summed E-state index contributed by atoms with van der Waals surface area (Å²) in [5, 5.41) is 5.54. The lowest BCUT2D eigenvalue weighted by molar-refractivity contribution is -0.119. The number of aryl methyl sites for hydroxylation is 1. The lowest BCUT2D eigenvalue weighted by Crippen LogP contribution is -2.17. The summed E-state index contributed by atoms with van der Waals surface area (Å²) in [7, 11) is 2.17. The van der Waals surface area contributed by atoms with Crippen LogP contribution in [0.15, 0.2) is 48.9 Å². The van der Waals surface area contributed by atoms with Crippen LogP contribution in [0.5, 0.6) is 0 Å². The predicted molar refractivity (Wildman–Crippen MR) is 135 cm³/mol. The second-order valence-corrected chi connectivity index (χ2v) is 11.1. The van der Waals surface area contributed by atoms with Gasteiger partial charge in [-0.05, 0) is 69.0 Å². The molecule has 1 saturated carbocycles. The van der Waals surface area contributed by atoms with Gasteiger partial charge in [-0.25, -0.2) is 4.68 Å². The Morgan fingerprint density at radius 1 is 1.09 bits per heavy atom. The van der Waals surface area contributed by atoms with Crippen LogP contribution >= 0.6 is 11.3 Å². The quantitative estimate of drug-likeness (QED) is 0.383. The highest BCUT2D eigenvalue weighted by molar-refractivity contribution is 7.12. The number of thiophene rings is 1. The number of carbonyl (C=O) groups is 1. The summed E-state index contributed by atoms with van der Waals surface area (Å²) in [5.41, 5.74) is 3.66. The molecule has 174 valence electrons. The molecule has 0 amide bonds. The third-order valence-electron chi connectivity index (χ3n) is 7.12. The van der Waals surface area contributed by atoms with Gasteiger partial charge in [0.15, 0.2) is 0 Å². The number of hydrogen-bond acceptors (Lipinski definition) is 6. The first-order chi connectivity index (χ1) is 16.5. The summed E-state index contributed by atoms with van der Waals surface area (Å²) in [6.45, 7) is 3.99. The molecule has 1 aliphatic carbocycles. The van der Waals surface area contributed by atoms with Crippen LogP contribution in [0.1, 0.15) is 52.2 Å². The van der Waals surface area contributed by atoms with Crippen molar-refractivity contribution in [1.82, 2.24) is 24.6 Å². The maximum absolute atomic E-state index is 13.1. The van der Waals surface area contributed by atoms with Gasteiger partial charge in [-0.15, -0.1) is 11.3 Å². The number of likely N-dealkylation sites (tertiary alicyclic amines) is 1. The summed E-state index contributed by atoms with van der Waals surface area (Å²) in [6.07, 6.45) is 9.13. The summed E-state index contributed by atoms with van der Waals surface area (Å²) in [5.74, 6) is 1.91. The Kier molecular flexibility index (Phi) is 5.54. The standard InChI is InChI=1S/C27H29N5OS/c1-17-9-22(7-8-28-17)32-25-14-29-21(10-19(25)13-30-32)12-23(33)11-20-15-31(2)16-24(20)27-6-5-26(34-27)18-3-4-18/h5-10,13-14,18,20,24H,3-4,11-12,15-16H2,1-2H3/t20-,24-/m0/s1. The number of hydrogen-bond donors (Lipinski definition) is 0. The minimum Gasteiger partial charge on any atom is -0.305 e. The van der Waals surface area contributed by atoms with Crippen LogP contribution < -0.4 is 0 Å². The van der Waals surface area contributed by atoms with E-state index >= 15 is 0 Å². The summed E-state index contributed by atoms with van der Waals surface area (Å²) >= 11 is 1.98. The lowest BCUT2D eigenvalue weighted by atomic mass is 9.89. The van der Waals surface area contributed by atoms with Gasteiger partial charge in [0.1, 0.15) is 5.78 Å². The topological polar surface area (TPSA) is 63.9 Å². The van der Waals surface area contributed by atoms with Crippen molar-refractivity contribution in [3.63, 3.8) is 0 Å². The zero-order chi connectivity index (χ0) is 23.2. The van der Waals surface area contributed by atoms with E-state index in [-0.39, 0.29) is 5.78 Å². The molecule has 6 nitrogen and oxygen atoms in total. The molecule has 7 heteroatoms. The molecule has 1 saturated heterocycles. The van der Waals surface area contributed by atoms with Crippen LogP contribution in [0.25, 0.3) is 16.6 Å². The second kappa shape index (κ2) is 8.71. The fraction of sp³-hybridized carbons (Fsp3) is 0.407. The van der Waals surface area contributed by atoms with E-state index in [2.05, 4.69) is 39.1 Å². The maximum Gasteiger partial charge on any atom is 0.139 e. The van der Waals surface area contributed by atoms with Crippen molar-refractivity contribution in [2.24, 2.45) is 5.92 Å². The molecule has 0 N–H and O–H groups in total. The fourth-order valence-corrected chi connectivity index (χ4v) is 6.64. The van der Waals surface area contributed by atoms with Gasteiger partial charge in [-0.1, -0.05) is 0 Å². The van der Waals surface area contributed by atoms with Crippen molar-refractivity contribution < 1.29 is 4.79 Å². The Morgan fingerprint density at radius 3 is 2.76 bits per heavy atom. The van der Waals surface area contributed by atoms with Crippen LogP contribution in [0.4, 0.5) is 0 Å². The normalized spacial score (nSPS) is 20.9. The molecule has 0 bridgehead atoms. The monoisotopic (exact) mass is 471 g/mol. The van der Waals surface area contributed by atoms with Gasteiger partial charge in [-0.3, -0.25) is 14.8 Å². The molecule has 34 heavy (non-hydrogen) atoms. The minimum atomic E-state index is 0.272. The van der Waals surface area contributed by atoms with E-state index < -0.39 is 0 Å². The Bertz CT molecular complexity index is 1350. The molecular formula is C27H29N5OS. The van der Waals surface area contributed by atoms with E-state index in [0.717, 1.165) is 47.0 Å². The number of aromatic nitrogens is 4. The lowest BCUT2D eigenvalue weighted by Gasteiger charge is -2.16. The zero-order valence-corrected chi connectivity index (χ0v) is 20.5. The molecule has 6 rings (SSSR count). The molecule has 0 spiro atoms. The molecule has 0 unspecified atom stereocenters. The fourth-order valence-electron chi connectivity index (χ4n) is 5.27. The van der Waals surface area contributed by atoms with Crippen molar-refractivity contribution in [1.29, 1.82) is 0 Å². The van der Waals surface area contributed by atoms with Gasteiger partial charge in [0.2, 0.25) is 0 Å². The number of Topliss-reactive ketones (excluding diaryl/α,β-unsaturated/α-hetero) is 1. The molecule has 0 radical (unpaired) electrons. The van der Waals surface area contributed by atoms with Gasteiger partial charge < -0.3 is 4.90 Å². The van der Waals surface area contributed by atoms with E-state index in [9.17, 15) is 4.79 Å². The summed E-state index contributed by atoms with van der Waals surface area (Å²) in [6, 6.07) is 10.6. The average molecular weight is 472 g/mol. The summed E-state index contributed by atoms with van der Waals surface area (Å²) in [4.78, 5) is 27.3. The van der Waals surface area contributed by atoms with E-state index in [1.54, 1.807) is 6.20 Å². The van der Waals surface area contributed by atoms with Gasteiger partial charge in [0.25, 0.3) is 0 Å². The highest BCUT2D eigenvalue weighted by Gasteiger charge is 2.35. The van der Waals surface area contributed by atoms with Gasteiger partial charge >= 0.3 is 0 Å². The zero-order valence-electron chi connectivity index (χ0n) is 19.6. The van der Waals surface area contributed by atoms with Crippen LogP contribution in [0.3, 0.4) is 0 Å². The Balaban J connectivity index is 1.16. The van der Waals surface area contributed by atoms with Crippen molar-refractivity contribution in [2.75, 3.05) is 20.1 Å². The highest BCUT2D eigenvalue weighted by atomic mass is 32.1. The first-order valence-corrected chi connectivity index (χ1v) is 12.9. The number of likely N-dealkylation sites (N-methyl/N-ethyl adjacent to an activating group) is 1. The highest BCUT2D eigenvalue weighted by Crippen LogP contribution is 2.46. The number of fused-ring (bicyclic) bond motifs is 1. The number of carbonyl (C=O) groups excluding carboxylic acids is 1. The first-order valence-electron chi connectivity index (χ1n) is 12.1. The van der Waals surface area contributed by atoms with Crippen molar-refractivity contribution >= 4 is 28.0 Å². The Hall–Kier alpha value is -2.90. The molecule has 0 aromatic carbocycles. The predicted octanol–water partition coefficient (Wildman–Crippen LogP) is 4.91. The summed E-state index contributed by atoms with van der Waals surface area (Å²) < 4.78 is 1.87. The molecule has 4 aromatic rings. The maximum atomic E-state index is 13.1. The largest absolute Gasteiger partial charge is 0.305 e. The van der Waals surface area contributed by atoms with E-state index in [1.807, 2.05) is 53.5 Å². The number of nitrogens with zero attached hydrogens (tertiary/aromatic N) is 5. The number of ketones is 1. The third kappa shape index (κ3) is 4.30. The Labute approximate surface area is 203 Å². The van der Waals surface area contributed by atoms with E-state index in [1.165, 1.54) is 22.6 Å². The van der Waals surface area contributed by atoms with Gasteiger partial charge in [0.05, 0.1) is 23.6 Å². The molecular weight excluding hydrogens is 442 g/mol. The average Bonchev–Trinajstić information content (AvgIpc) is 3.23. The minimum absolute atomic E-state index is 0.272. The van der Waals surface area contributed by atoms with E-state index in [0.29, 0.717) is 24.7 Å². The van der Waals surface area contributed by atoms with Crippen molar-refractivity contribution in [3.8, 4) is 5.69 Å². The van der Waals surface area contributed by atoms with Gasteiger partial charge in [0, 0.05) is 64.6 Å². The SMILES string of the molecule is Cc1cc(-n2ncc3cc(CC(=O)C[C@H]4CN(C)C[C@@H]4c4ccc(C5CC5)s4)ncc32)ccn1. The van der Waals surface area contributed by atoms with Crippen LogP contribution in [0.2, 0.25) is 0 Å². The molecule has 2 atom stereocenters. The second-order valence-electron chi connectivity index (χ2n) is 9.97. The van der Waals surface area contributed by atoms with Crippen molar-refractivity contribution in [3.05, 3.63) is 70.1 Å². The van der Waals surface area contributed by atoms with Gasteiger partial charge in [-0.2, -0.15) is 5.10 Å². The molecule has 4 aromatic heterocycles. The van der Waals surface area contributed by atoms with E-state index in [4.69, 9.17) is 0 Å². The van der Waals surface area contributed by atoms with Crippen LogP contribution in [-0.2, 0) is 11.2 Å². The smallest absolute Gasteiger partial charge is 0.139 e. The van der Waals surface area contributed by atoms with Crippen molar-refractivity contribution in [2.45, 2.75) is 44.4 Å². The van der Waals surface area contributed by atoms with Crippen LogP contribution in [0, 0.1) is 12.8 Å². The number of rotatable bonds is 7.